The van der Waals surface area contributed by atoms with Crippen LogP contribution in [0.5, 0.6) is 0 Å². The predicted molar refractivity (Wildman–Crippen MR) is 86.1 cm³/mol. The minimum Gasteiger partial charge on any atom is -0.379 e. The normalized spacial score (nSPS) is 16.1. The fourth-order valence-electron chi connectivity index (χ4n) is 2.12. The van der Waals surface area contributed by atoms with Crippen molar-refractivity contribution in [3.8, 4) is 0 Å². The van der Waals surface area contributed by atoms with Gasteiger partial charge in [-0.05, 0) is 31.2 Å². The quantitative estimate of drug-likeness (QED) is 0.765. The molecule has 1 aliphatic rings. The first kappa shape index (κ1) is 15.9. The van der Waals surface area contributed by atoms with Crippen LogP contribution < -0.4 is 5.32 Å². The Morgan fingerprint density at radius 2 is 1.85 bits per heavy atom. The molecular weight excluding hydrogens is 388 g/mol. The second kappa shape index (κ2) is 8.12. The van der Waals surface area contributed by atoms with Gasteiger partial charge in [0.2, 0.25) is 0 Å². The second-order valence-electron chi connectivity index (χ2n) is 4.72. The molecule has 1 fully saturated rings. The highest BCUT2D eigenvalue weighted by atomic mass is 79.9. The Morgan fingerprint density at radius 1 is 1.20 bits per heavy atom. The summed E-state index contributed by atoms with van der Waals surface area (Å²) in [5.74, 6) is -0.0334. The molecule has 0 saturated carbocycles. The molecule has 0 radical (unpaired) electrons. The van der Waals surface area contributed by atoms with E-state index in [4.69, 9.17) is 4.74 Å². The van der Waals surface area contributed by atoms with Crippen LogP contribution in [0.1, 0.15) is 16.8 Å². The molecule has 6 heteroatoms. The van der Waals surface area contributed by atoms with Gasteiger partial charge in [-0.3, -0.25) is 9.69 Å². The number of ether oxygens (including phenoxy) is 1. The summed E-state index contributed by atoms with van der Waals surface area (Å²) in [4.78, 5) is 14.4. The van der Waals surface area contributed by atoms with Gasteiger partial charge in [0.25, 0.3) is 5.91 Å². The Morgan fingerprint density at radius 3 is 2.50 bits per heavy atom. The van der Waals surface area contributed by atoms with Crippen LogP contribution in [0.2, 0.25) is 0 Å². The van der Waals surface area contributed by atoms with Gasteiger partial charge in [-0.1, -0.05) is 31.9 Å². The van der Waals surface area contributed by atoms with Crippen LogP contribution >= 0.6 is 31.9 Å². The number of hydrogen-bond donors (Lipinski definition) is 1. The number of carbonyl (C=O) groups excluding carboxylic acids is 1. The molecule has 2 rings (SSSR count). The Labute approximate surface area is 136 Å². The summed E-state index contributed by atoms with van der Waals surface area (Å²) in [5.41, 5.74) is 0.664. The monoisotopic (exact) mass is 404 g/mol. The Balaban J connectivity index is 1.71. The third-order valence-corrected chi connectivity index (χ3v) is 4.08. The number of hydrogen-bond acceptors (Lipinski definition) is 3. The molecule has 1 N–H and O–H groups in total. The van der Waals surface area contributed by atoms with Crippen molar-refractivity contribution in [2.24, 2.45) is 0 Å². The Kier molecular flexibility index (Phi) is 6.48. The van der Waals surface area contributed by atoms with Gasteiger partial charge in [0.05, 0.1) is 13.2 Å². The topological polar surface area (TPSA) is 41.6 Å². The highest BCUT2D eigenvalue weighted by Gasteiger charge is 2.10. The standard InChI is InChI=1S/C14H18Br2N2O2/c15-12-8-11(9-13(16)10-12)14(19)17-2-1-3-18-4-6-20-7-5-18/h8-10H,1-7H2,(H,17,19). The maximum atomic E-state index is 12.0. The zero-order chi connectivity index (χ0) is 14.4. The minimum absolute atomic E-state index is 0.0334. The number of morpholine rings is 1. The van der Waals surface area contributed by atoms with E-state index in [-0.39, 0.29) is 5.91 Å². The van der Waals surface area contributed by atoms with E-state index in [1.807, 2.05) is 18.2 Å². The zero-order valence-electron chi connectivity index (χ0n) is 11.2. The van der Waals surface area contributed by atoms with Crippen LogP contribution in [0.25, 0.3) is 0 Å². The summed E-state index contributed by atoms with van der Waals surface area (Å²) in [6.07, 6.45) is 0.959. The van der Waals surface area contributed by atoms with Crippen molar-refractivity contribution in [1.29, 1.82) is 0 Å². The minimum atomic E-state index is -0.0334. The lowest BCUT2D eigenvalue weighted by molar-refractivity contribution is 0.0374. The van der Waals surface area contributed by atoms with E-state index in [1.165, 1.54) is 0 Å². The lowest BCUT2D eigenvalue weighted by Crippen LogP contribution is -2.38. The maximum absolute atomic E-state index is 12.0. The second-order valence-corrected chi connectivity index (χ2v) is 6.55. The van der Waals surface area contributed by atoms with E-state index in [0.29, 0.717) is 12.1 Å². The largest absolute Gasteiger partial charge is 0.379 e. The molecule has 0 atom stereocenters. The summed E-state index contributed by atoms with van der Waals surface area (Å²) < 4.78 is 7.09. The molecular formula is C14H18Br2N2O2. The van der Waals surface area contributed by atoms with Crippen LogP contribution in [0, 0.1) is 0 Å². The van der Waals surface area contributed by atoms with Gasteiger partial charge in [0, 0.05) is 34.1 Å². The third-order valence-electron chi connectivity index (χ3n) is 3.17. The Hall–Kier alpha value is -0.430. The molecule has 4 nitrogen and oxygen atoms in total. The summed E-state index contributed by atoms with van der Waals surface area (Å²) in [5, 5.41) is 2.95. The molecule has 1 amide bonds. The third kappa shape index (κ3) is 5.16. The smallest absolute Gasteiger partial charge is 0.251 e. The number of halogens is 2. The number of nitrogens with one attached hydrogen (secondary N) is 1. The van der Waals surface area contributed by atoms with Crippen molar-refractivity contribution in [3.05, 3.63) is 32.7 Å². The van der Waals surface area contributed by atoms with Crippen molar-refractivity contribution >= 4 is 37.8 Å². The molecule has 1 saturated heterocycles. The first-order valence-corrected chi connectivity index (χ1v) is 8.28. The average molecular weight is 406 g/mol. The van der Waals surface area contributed by atoms with Gasteiger partial charge in [-0.2, -0.15) is 0 Å². The van der Waals surface area contributed by atoms with Gasteiger partial charge >= 0.3 is 0 Å². The van der Waals surface area contributed by atoms with E-state index in [2.05, 4.69) is 42.1 Å². The van der Waals surface area contributed by atoms with Crippen molar-refractivity contribution in [2.75, 3.05) is 39.4 Å². The van der Waals surface area contributed by atoms with Gasteiger partial charge < -0.3 is 10.1 Å². The van der Waals surface area contributed by atoms with Gasteiger partial charge in [-0.25, -0.2) is 0 Å². The molecule has 1 aromatic carbocycles. The fourth-order valence-corrected chi connectivity index (χ4v) is 3.41. The lowest BCUT2D eigenvalue weighted by Gasteiger charge is -2.26. The van der Waals surface area contributed by atoms with E-state index in [0.717, 1.165) is 48.2 Å². The number of rotatable bonds is 5. The fraction of sp³-hybridized carbons (Fsp3) is 0.500. The predicted octanol–water partition coefficient (Wildman–Crippen LogP) is 2.66. The Bertz CT molecular complexity index is 442. The summed E-state index contributed by atoms with van der Waals surface area (Å²) in [6.45, 7) is 5.32. The SMILES string of the molecule is O=C(NCCCN1CCOCC1)c1cc(Br)cc(Br)c1. The molecule has 1 heterocycles. The van der Waals surface area contributed by atoms with Crippen molar-refractivity contribution in [1.82, 2.24) is 10.2 Å². The molecule has 1 aliphatic heterocycles. The number of carbonyl (C=O) groups is 1. The number of amides is 1. The summed E-state index contributed by atoms with van der Waals surface area (Å²) in [7, 11) is 0. The molecule has 1 aromatic rings. The lowest BCUT2D eigenvalue weighted by atomic mass is 10.2. The van der Waals surface area contributed by atoms with E-state index in [9.17, 15) is 4.79 Å². The van der Waals surface area contributed by atoms with Gasteiger partial charge in [-0.15, -0.1) is 0 Å². The number of benzene rings is 1. The summed E-state index contributed by atoms with van der Waals surface area (Å²) >= 11 is 6.77. The first-order valence-electron chi connectivity index (χ1n) is 6.69. The summed E-state index contributed by atoms with van der Waals surface area (Å²) in [6, 6.07) is 5.55. The van der Waals surface area contributed by atoms with Crippen LogP contribution in [0.4, 0.5) is 0 Å². The molecule has 0 aromatic heterocycles. The van der Waals surface area contributed by atoms with Crippen molar-refractivity contribution in [2.45, 2.75) is 6.42 Å². The first-order chi connectivity index (χ1) is 9.65. The highest BCUT2D eigenvalue weighted by molar-refractivity contribution is 9.11. The molecule has 0 bridgehead atoms. The molecule has 0 spiro atoms. The molecule has 0 aliphatic carbocycles. The van der Waals surface area contributed by atoms with Crippen LogP contribution in [0.15, 0.2) is 27.1 Å². The number of nitrogens with zero attached hydrogens (tertiary/aromatic N) is 1. The van der Waals surface area contributed by atoms with Gasteiger partial charge in [0.15, 0.2) is 0 Å². The highest BCUT2D eigenvalue weighted by Crippen LogP contribution is 2.19. The molecule has 20 heavy (non-hydrogen) atoms. The average Bonchev–Trinajstić information content (AvgIpc) is 2.43. The van der Waals surface area contributed by atoms with Crippen molar-refractivity contribution < 1.29 is 9.53 Å². The van der Waals surface area contributed by atoms with Gasteiger partial charge in [0.1, 0.15) is 0 Å². The van der Waals surface area contributed by atoms with Crippen LogP contribution in [-0.4, -0.2) is 50.2 Å². The molecule has 110 valence electrons. The van der Waals surface area contributed by atoms with E-state index in [1.54, 1.807) is 0 Å². The molecule has 0 unspecified atom stereocenters. The zero-order valence-corrected chi connectivity index (χ0v) is 14.4. The van der Waals surface area contributed by atoms with Crippen LogP contribution in [0.3, 0.4) is 0 Å². The van der Waals surface area contributed by atoms with E-state index < -0.39 is 0 Å². The van der Waals surface area contributed by atoms with Crippen LogP contribution in [-0.2, 0) is 4.74 Å². The van der Waals surface area contributed by atoms with Crippen molar-refractivity contribution in [3.63, 3.8) is 0 Å². The maximum Gasteiger partial charge on any atom is 0.251 e. The van der Waals surface area contributed by atoms with E-state index >= 15 is 0 Å².